The standard InChI is InChI=1S/C39H78O11/c1-4-7-9-10-11-12-13-14-15-16-17-19-41-20-21-42-22-23-43-24-25-44-26-27-45-28-29-46-30-31-47-32-33-48-34-35-49-36-37-50-39(40)38(6-3)18-8-5-2/h38H,4-37H2,1-3H3. The Morgan fingerprint density at radius 2 is 0.620 bits per heavy atom. The fourth-order valence-electron chi connectivity index (χ4n) is 4.99. The summed E-state index contributed by atoms with van der Waals surface area (Å²) in [6, 6.07) is 0. The topological polar surface area (TPSA) is 109 Å². The largest absolute Gasteiger partial charge is 0.463 e. The Bertz CT molecular complexity index is 641. The van der Waals surface area contributed by atoms with Gasteiger partial charge in [-0.05, 0) is 19.3 Å². The molecule has 1 unspecified atom stereocenters. The molecule has 0 N–H and O–H groups in total. The maximum absolute atomic E-state index is 12.0. The first-order chi connectivity index (χ1) is 24.8. The predicted octanol–water partition coefficient (Wildman–Crippen LogP) is 7.21. The number of rotatable bonds is 44. The SMILES string of the molecule is CCCCCCCCCCCCCOCCOCCOCCOCCOCCOCCOCCOCCOCCOC(=O)C(CC)CCCC. The van der Waals surface area contributed by atoms with Crippen molar-refractivity contribution in [1.82, 2.24) is 0 Å². The third-order valence-electron chi connectivity index (χ3n) is 8.07. The average Bonchev–Trinajstić information content (AvgIpc) is 3.13. The van der Waals surface area contributed by atoms with Crippen LogP contribution >= 0.6 is 0 Å². The number of hydrogen-bond donors (Lipinski definition) is 0. The van der Waals surface area contributed by atoms with Crippen molar-refractivity contribution in [2.75, 3.05) is 126 Å². The van der Waals surface area contributed by atoms with Gasteiger partial charge in [0.15, 0.2) is 0 Å². The Hall–Kier alpha value is -0.890. The van der Waals surface area contributed by atoms with Crippen LogP contribution in [0.15, 0.2) is 0 Å². The highest BCUT2D eigenvalue weighted by molar-refractivity contribution is 5.72. The molecule has 300 valence electrons. The summed E-state index contributed by atoms with van der Waals surface area (Å²) in [6.07, 6.45) is 18.7. The molecule has 0 aliphatic heterocycles. The van der Waals surface area contributed by atoms with Gasteiger partial charge in [0.05, 0.1) is 118 Å². The Labute approximate surface area is 306 Å². The van der Waals surface area contributed by atoms with E-state index in [4.69, 9.17) is 47.4 Å². The van der Waals surface area contributed by atoms with Crippen molar-refractivity contribution in [1.29, 1.82) is 0 Å². The quantitative estimate of drug-likeness (QED) is 0.0470. The summed E-state index contributed by atoms with van der Waals surface area (Å²) in [4.78, 5) is 12.0. The zero-order chi connectivity index (χ0) is 36.3. The normalized spacial score (nSPS) is 12.1. The van der Waals surface area contributed by atoms with Crippen molar-refractivity contribution in [3.05, 3.63) is 0 Å². The van der Waals surface area contributed by atoms with Crippen LogP contribution < -0.4 is 0 Å². The number of carbonyl (C=O) groups excluding carboxylic acids is 1. The summed E-state index contributed by atoms with van der Waals surface area (Å²) in [5.74, 6) is -0.114. The van der Waals surface area contributed by atoms with Crippen LogP contribution in [0.2, 0.25) is 0 Å². The Kier molecular flexibility index (Phi) is 43.5. The van der Waals surface area contributed by atoms with Gasteiger partial charge < -0.3 is 47.4 Å². The molecule has 0 aromatic carbocycles. The number of unbranched alkanes of at least 4 members (excludes halogenated alkanes) is 11. The number of carbonyl (C=O) groups is 1. The first kappa shape index (κ1) is 49.1. The molecule has 0 aliphatic rings. The lowest BCUT2D eigenvalue weighted by Gasteiger charge is -2.13. The summed E-state index contributed by atoms with van der Waals surface area (Å²) in [5.41, 5.74) is 0. The first-order valence-corrected chi connectivity index (χ1v) is 20.1. The fraction of sp³-hybridized carbons (Fsp3) is 0.974. The van der Waals surface area contributed by atoms with Crippen LogP contribution in [-0.2, 0) is 52.2 Å². The van der Waals surface area contributed by atoms with Gasteiger partial charge in [0, 0.05) is 6.61 Å². The monoisotopic (exact) mass is 723 g/mol. The van der Waals surface area contributed by atoms with E-state index in [-0.39, 0.29) is 18.5 Å². The van der Waals surface area contributed by atoms with Crippen LogP contribution in [0.4, 0.5) is 0 Å². The van der Waals surface area contributed by atoms with Crippen molar-refractivity contribution in [3.63, 3.8) is 0 Å². The van der Waals surface area contributed by atoms with Crippen LogP contribution in [0.3, 0.4) is 0 Å². The molecule has 11 nitrogen and oxygen atoms in total. The van der Waals surface area contributed by atoms with Crippen LogP contribution in [0.5, 0.6) is 0 Å². The van der Waals surface area contributed by atoms with E-state index in [1.807, 2.05) is 6.92 Å². The van der Waals surface area contributed by atoms with Crippen molar-refractivity contribution >= 4 is 5.97 Å². The van der Waals surface area contributed by atoms with Crippen LogP contribution in [-0.4, -0.2) is 132 Å². The van der Waals surface area contributed by atoms with Crippen molar-refractivity contribution in [2.45, 2.75) is 117 Å². The molecule has 1 atom stereocenters. The molecular formula is C39H78O11. The van der Waals surface area contributed by atoms with Crippen LogP contribution in [0.1, 0.15) is 117 Å². The second-order valence-corrected chi connectivity index (χ2v) is 12.5. The second kappa shape index (κ2) is 44.3. The molecule has 0 rings (SSSR count). The van der Waals surface area contributed by atoms with E-state index in [0.717, 1.165) is 38.7 Å². The Morgan fingerprint density at radius 3 is 0.940 bits per heavy atom. The second-order valence-electron chi connectivity index (χ2n) is 12.5. The van der Waals surface area contributed by atoms with E-state index < -0.39 is 0 Å². The minimum absolute atomic E-state index is 0.000707. The van der Waals surface area contributed by atoms with Gasteiger partial charge >= 0.3 is 5.97 Å². The fourth-order valence-corrected chi connectivity index (χ4v) is 4.99. The lowest BCUT2D eigenvalue weighted by molar-refractivity contribution is -0.150. The van der Waals surface area contributed by atoms with Gasteiger partial charge in [0.2, 0.25) is 0 Å². The molecule has 0 saturated carbocycles. The molecule has 0 heterocycles. The molecule has 0 spiro atoms. The average molecular weight is 723 g/mol. The zero-order valence-corrected chi connectivity index (χ0v) is 32.6. The van der Waals surface area contributed by atoms with E-state index in [2.05, 4.69) is 13.8 Å². The minimum Gasteiger partial charge on any atom is -0.463 e. The predicted molar refractivity (Wildman–Crippen MR) is 198 cm³/mol. The van der Waals surface area contributed by atoms with Crippen molar-refractivity contribution in [3.8, 4) is 0 Å². The highest BCUT2D eigenvalue weighted by Gasteiger charge is 2.16. The first-order valence-electron chi connectivity index (χ1n) is 20.1. The molecule has 0 aromatic rings. The van der Waals surface area contributed by atoms with Crippen LogP contribution in [0.25, 0.3) is 0 Å². The lowest BCUT2D eigenvalue weighted by atomic mass is 10.00. The number of hydrogen-bond acceptors (Lipinski definition) is 11. The summed E-state index contributed by atoms with van der Waals surface area (Å²) >= 11 is 0. The third kappa shape index (κ3) is 39.9. The number of esters is 1. The van der Waals surface area contributed by atoms with Crippen LogP contribution in [0, 0.1) is 5.92 Å². The van der Waals surface area contributed by atoms with Gasteiger partial charge in [-0.15, -0.1) is 0 Å². The molecule has 0 fully saturated rings. The van der Waals surface area contributed by atoms with E-state index in [1.165, 1.54) is 64.2 Å². The van der Waals surface area contributed by atoms with Gasteiger partial charge in [-0.1, -0.05) is 97.8 Å². The molecule has 0 bridgehead atoms. The summed E-state index contributed by atoms with van der Waals surface area (Å²) < 4.78 is 55.0. The summed E-state index contributed by atoms with van der Waals surface area (Å²) in [7, 11) is 0. The van der Waals surface area contributed by atoms with E-state index >= 15 is 0 Å². The Morgan fingerprint density at radius 1 is 0.340 bits per heavy atom. The smallest absolute Gasteiger partial charge is 0.308 e. The molecule has 0 aliphatic carbocycles. The molecule has 0 saturated heterocycles. The minimum atomic E-state index is -0.115. The third-order valence-corrected chi connectivity index (χ3v) is 8.07. The molecule has 0 aromatic heterocycles. The molecular weight excluding hydrogens is 644 g/mol. The van der Waals surface area contributed by atoms with Crippen molar-refractivity contribution < 1.29 is 52.2 Å². The molecule has 0 amide bonds. The maximum Gasteiger partial charge on any atom is 0.308 e. The van der Waals surface area contributed by atoms with Gasteiger partial charge in [-0.2, -0.15) is 0 Å². The Balaban J connectivity index is 3.13. The van der Waals surface area contributed by atoms with E-state index in [9.17, 15) is 4.79 Å². The van der Waals surface area contributed by atoms with Gasteiger partial charge in [-0.3, -0.25) is 4.79 Å². The highest BCUT2D eigenvalue weighted by Crippen LogP contribution is 2.14. The summed E-state index contributed by atoms with van der Waals surface area (Å²) in [6.45, 7) is 16.4. The maximum atomic E-state index is 12.0. The van der Waals surface area contributed by atoms with Crippen molar-refractivity contribution in [2.24, 2.45) is 5.92 Å². The zero-order valence-electron chi connectivity index (χ0n) is 32.6. The van der Waals surface area contributed by atoms with E-state index in [0.29, 0.717) is 112 Å². The van der Waals surface area contributed by atoms with Gasteiger partial charge in [-0.25, -0.2) is 0 Å². The van der Waals surface area contributed by atoms with E-state index in [1.54, 1.807) is 0 Å². The number of ether oxygens (including phenoxy) is 10. The molecule has 0 radical (unpaired) electrons. The molecule has 11 heteroatoms. The summed E-state index contributed by atoms with van der Waals surface area (Å²) in [5, 5.41) is 0. The van der Waals surface area contributed by atoms with Gasteiger partial charge in [0.25, 0.3) is 0 Å². The van der Waals surface area contributed by atoms with Gasteiger partial charge in [0.1, 0.15) is 6.61 Å². The highest BCUT2D eigenvalue weighted by atomic mass is 16.6. The lowest BCUT2D eigenvalue weighted by Crippen LogP contribution is -2.20. The molecule has 50 heavy (non-hydrogen) atoms.